The molecule has 0 atom stereocenters. The minimum absolute atomic E-state index is 0.165. The highest BCUT2D eigenvalue weighted by molar-refractivity contribution is 6.35. The van der Waals surface area contributed by atoms with Crippen LogP contribution in [0, 0.1) is 6.92 Å². The SMILES string of the molecule is Cc1nccn1CCNC(=O)C(=O)NC1CCCCC1. The zero-order valence-electron chi connectivity index (χ0n) is 11.9. The van der Waals surface area contributed by atoms with Crippen molar-refractivity contribution in [2.24, 2.45) is 0 Å². The van der Waals surface area contributed by atoms with Crippen LogP contribution in [0.5, 0.6) is 0 Å². The molecule has 1 fully saturated rings. The van der Waals surface area contributed by atoms with Gasteiger partial charge in [0.25, 0.3) is 0 Å². The van der Waals surface area contributed by atoms with Gasteiger partial charge >= 0.3 is 11.8 Å². The van der Waals surface area contributed by atoms with Gasteiger partial charge < -0.3 is 15.2 Å². The zero-order valence-corrected chi connectivity index (χ0v) is 11.9. The Morgan fingerprint density at radius 1 is 1.30 bits per heavy atom. The van der Waals surface area contributed by atoms with Gasteiger partial charge in [-0.2, -0.15) is 0 Å². The van der Waals surface area contributed by atoms with Crippen molar-refractivity contribution in [3.63, 3.8) is 0 Å². The average molecular weight is 278 g/mol. The van der Waals surface area contributed by atoms with Gasteiger partial charge in [-0.05, 0) is 19.8 Å². The quantitative estimate of drug-likeness (QED) is 0.798. The molecule has 6 heteroatoms. The lowest BCUT2D eigenvalue weighted by Crippen LogP contribution is -2.45. The summed E-state index contributed by atoms with van der Waals surface area (Å²) in [6.45, 7) is 2.94. The number of carbonyl (C=O) groups excluding carboxylic acids is 2. The molecule has 110 valence electrons. The maximum Gasteiger partial charge on any atom is 0.309 e. The number of hydrogen-bond donors (Lipinski definition) is 2. The average Bonchev–Trinajstić information content (AvgIpc) is 2.85. The van der Waals surface area contributed by atoms with Crippen molar-refractivity contribution in [3.8, 4) is 0 Å². The Kier molecular flexibility index (Phi) is 5.15. The van der Waals surface area contributed by atoms with Crippen LogP contribution in [-0.4, -0.2) is 34.0 Å². The van der Waals surface area contributed by atoms with E-state index in [0.29, 0.717) is 13.1 Å². The van der Waals surface area contributed by atoms with Crippen molar-refractivity contribution in [3.05, 3.63) is 18.2 Å². The number of aryl methyl sites for hydroxylation is 1. The van der Waals surface area contributed by atoms with E-state index in [1.807, 2.05) is 17.7 Å². The van der Waals surface area contributed by atoms with Crippen molar-refractivity contribution < 1.29 is 9.59 Å². The number of nitrogens with one attached hydrogen (secondary N) is 2. The lowest BCUT2D eigenvalue weighted by Gasteiger charge is -2.22. The zero-order chi connectivity index (χ0) is 14.4. The Balaban J connectivity index is 1.68. The lowest BCUT2D eigenvalue weighted by atomic mass is 9.95. The van der Waals surface area contributed by atoms with Gasteiger partial charge in [0, 0.05) is 31.5 Å². The van der Waals surface area contributed by atoms with Crippen molar-refractivity contribution in [1.29, 1.82) is 0 Å². The molecule has 1 aliphatic carbocycles. The van der Waals surface area contributed by atoms with Crippen LogP contribution in [0.25, 0.3) is 0 Å². The summed E-state index contributed by atoms with van der Waals surface area (Å²) in [5, 5.41) is 5.44. The molecular weight excluding hydrogens is 256 g/mol. The highest BCUT2D eigenvalue weighted by Crippen LogP contribution is 2.17. The Morgan fingerprint density at radius 3 is 2.70 bits per heavy atom. The third kappa shape index (κ3) is 4.08. The van der Waals surface area contributed by atoms with E-state index in [0.717, 1.165) is 31.5 Å². The first kappa shape index (κ1) is 14.6. The summed E-state index contributed by atoms with van der Waals surface area (Å²) in [7, 11) is 0. The summed E-state index contributed by atoms with van der Waals surface area (Å²) in [6.07, 6.45) is 9.01. The minimum Gasteiger partial charge on any atom is -0.346 e. The monoisotopic (exact) mass is 278 g/mol. The first-order valence-corrected chi connectivity index (χ1v) is 7.23. The predicted molar refractivity (Wildman–Crippen MR) is 75.0 cm³/mol. The highest BCUT2D eigenvalue weighted by atomic mass is 16.2. The number of aromatic nitrogens is 2. The summed E-state index contributed by atoms with van der Waals surface area (Å²) in [6, 6.07) is 0.165. The fourth-order valence-electron chi connectivity index (χ4n) is 2.51. The summed E-state index contributed by atoms with van der Waals surface area (Å²) in [5.41, 5.74) is 0. The van der Waals surface area contributed by atoms with Gasteiger partial charge in [0.2, 0.25) is 0 Å². The van der Waals surface area contributed by atoms with Crippen LogP contribution >= 0.6 is 0 Å². The number of nitrogens with zero attached hydrogens (tertiary/aromatic N) is 2. The third-order valence-electron chi connectivity index (χ3n) is 3.71. The van der Waals surface area contributed by atoms with E-state index in [4.69, 9.17) is 0 Å². The molecule has 0 aromatic carbocycles. The normalized spacial score (nSPS) is 15.8. The summed E-state index contributed by atoms with van der Waals surface area (Å²) in [5.74, 6) is -0.168. The van der Waals surface area contributed by atoms with Gasteiger partial charge in [-0.1, -0.05) is 19.3 Å². The van der Waals surface area contributed by atoms with Gasteiger partial charge in [0.15, 0.2) is 0 Å². The van der Waals surface area contributed by atoms with Crippen LogP contribution in [-0.2, 0) is 16.1 Å². The smallest absolute Gasteiger partial charge is 0.309 e. The molecule has 0 unspecified atom stereocenters. The number of amides is 2. The number of hydrogen-bond acceptors (Lipinski definition) is 3. The second-order valence-electron chi connectivity index (χ2n) is 5.23. The molecule has 1 aliphatic rings. The van der Waals surface area contributed by atoms with Crippen LogP contribution < -0.4 is 10.6 Å². The van der Waals surface area contributed by atoms with Crippen LogP contribution in [0.3, 0.4) is 0 Å². The molecule has 0 spiro atoms. The van der Waals surface area contributed by atoms with E-state index in [9.17, 15) is 9.59 Å². The molecule has 0 radical (unpaired) electrons. The van der Waals surface area contributed by atoms with Crippen LogP contribution in [0.4, 0.5) is 0 Å². The van der Waals surface area contributed by atoms with E-state index in [1.54, 1.807) is 6.20 Å². The highest BCUT2D eigenvalue weighted by Gasteiger charge is 2.19. The maximum absolute atomic E-state index is 11.7. The fraction of sp³-hybridized carbons (Fsp3) is 0.643. The van der Waals surface area contributed by atoms with Gasteiger partial charge in [-0.3, -0.25) is 9.59 Å². The molecule has 6 nitrogen and oxygen atoms in total. The van der Waals surface area contributed by atoms with Gasteiger partial charge in [0.1, 0.15) is 5.82 Å². The van der Waals surface area contributed by atoms with Gasteiger partial charge in [-0.25, -0.2) is 4.98 Å². The molecule has 2 N–H and O–H groups in total. The first-order valence-electron chi connectivity index (χ1n) is 7.23. The summed E-state index contributed by atoms with van der Waals surface area (Å²) in [4.78, 5) is 27.5. The molecule has 2 amide bonds. The number of rotatable bonds is 4. The summed E-state index contributed by atoms with van der Waals surface area (Å²) >= 11 is 0. The van der Waals surface area contributed by atoms with Gasteiger partial charge in [-0.15, -0.1) is 0 Å². The summed E-state index contributed by atoms with van der Waals surface area (Å²) < 4.78 is 1.93. The molecule has 2 rings (SSSR count). The second-order valence-corrected chi connectivity index (χ2v) is 5.23. The van der Waals surface area contributed by atoms with E-state index >= 15 is 0 Å². The molecule has 1 aromatic heterocycles. The lowest BCUT2D eigenvalue weighted by molar-refractivity contribution is -0.139. The number of imidazole rings is 1. The van der Waals surface area contributed by atoms with E-state index in [1.165, 1.54) is 6.42 Å². The molecule has 1 saturated carbocycles. The van der Waals surface area contributed by atoms with Crippen molar-refractivity contribution in [1.82, 2.24) is 20.2 Å². The maximum atomic E-state index is 11.7. The van der Waals surface area contributed by atoms with Gasteiger partial charge in [0.05, 0.1) is 0 Å². The first-order chi connectivity index (χ1) is 9.66. The van der Waals surface area contributed by atoms with Crippen molar-refractivity contribution in [2.45, 2.75) is 51.6 Å². The number of carbonyl (C=O) groups is 2. The van der Waals surface area contributed by atoms with Crippen molar-refractivity contribution in [2.75, 3.05) is 6.54 Å². The van der Waals surface area contributed by atoms with Crippen LogP contribution in [0.1, 0.15) is 37.9 Å². The Bertz CT molecular complexity index is 463. The van der Waals surface area contributed by atoms with E-state index in [-0.39, 0.29) is 6.04 Å². The molecule has 1 heterocycles. The molecule has 0 bridgehead atoms. The molecular formula is C14H22N4O2. The standard InChI is InChI=1S/C14H22N4O2/c1-11-15-7-9-18(11)10-8-16-13(19)14(20)17-12-5-3-2-4-6-12/h7,9,12H,2-6,8,10H2,1H3,(H,16,19)(H,17,20). The Morgan fingerprint density at radius 2 is 2.05 bits per heavy atom. The van der Waals surface area contributed by atoms with E-state index < -0.39 is 11.8 Å². The fourth-order valence-corrected chi connectivity index (χ4v) is 2.51. The third-order valence-corrected chi connectivity index (χ3v) is 3.71. The Hall–Kier alpha value is -1.85. The van der Waals surface area contributed by atoms with Crippen molar-refractivity contribution >= 4 is 11.8 Å². The van der Waals surface area contributed by atoms with Crippen LogP contribution in [0.15, 0.2) is 12.4 Å². The molecule has 1 aromatic rings. The molecule has 20 heavy (non-hydrogen) atoms. The van der Waals surface area contributed by atoms with Crippen LogP contribution in [0.2, 0.25) is 0 Å². The second kappa shape index (κ2) is 7.07. The topological polar surface area (TPSA) is 76.0 Å². The Labute approximate surface area is 119 Å². The molecule has 0 saturated heterocycles. The largest absolute Gasteiger partial charge is 0.346 e. The minimum atomic E-state index is -0.548. The molecule has 0 aliphatic heterocycles. The van der Waals surface area contributed by atoms with E-state index in [2.05, 4.69) is 15.6 Å². The predicted octanol–water partition coefficient (Wildman–Crippen LogP) is 0.757.